The van der Waals surface area contributed by atoms with Crippen molar-refractivity contribution in [2.45, 2.75) is 107 Å². The summed E-state index contributed by atoms with van der Waals surface area (Å²) >= 11 is 4.98. The van der Waals surface area contributed by atoms with Crippen LogP contribution in [0, 0.1) is 0 Å². The summed E-state index contributed by atoms with van der Waals surface area (Å²) in [5, 5.41) is 7.93. The number of aromatic nitrogens is 2. The summed E-state index contributed by atoms with van der Waals surface area (Å²) in [5.41, 5.74) is -0.0271. The second kappa shape index (κ2) is 15.6. The van der Waals surface area contributed by atoms with Crippen LogP contribution >= 0.6 is 27.7 Å². The summed E-state index contributed by atoms with van der Waals surface area (Å²) in [6, 6.07) is 7.84. The van der Waals surface area contributed by atoms with Gasteiger partial charge < -0.3 is 20.3 Å². The highest BCUT2D eigenvalue weighted by Crippen LogP contribution is 2.30. The standard InChI is InChI=1S/C30H44BrN5O3S/c1-29(2,3)39-28(38)35-30(4)15-18-36(19-16-30)25-21-33-27(22-32-25)40-24-13-11-12-23(20-24)34-26(37)14-9-7-5-6-8-10-17-31/h11-13,20-22H,5-10,14-19H2,1-4H3,(H,34,37)(H,35,38). The quantitative estimate of drug-likeness (QED) is 0.173. The van der Waals surface area contributed by atoms with Gasteiger partial charge in [0, 0.05) is 41.0 Å². The first-order valence-electron chi connectivity index (χ1n) is 14.3. The highest BCUT2D eigenvalue weighted by Gasteiger charge is 2.33. The predicted molar refractivity (Wildman–Crippen MR) is 167 cm³/mol. The van der Waals surface area contributed by atoms with Crippen molar-refractivity contribution >= 4 is 51.2 Å². The zero-order valence-electron chi connectivity index (χ0n) is 24.3. The van der Waals surface area contributed by atoms with Gasteiger partial charge in [-0.2, -0.15) is 0 Å². The fourth-order valence-electron chi connectivity index (χ4n) is 4.50. The molecule has 1 fully saturated rings. The van der Waals surface area contributed by atoms with Crippen LogP contribution in [0.2, 0.25) is 0 Å². The van der Waals surface area contributed by atoms with Crippen molar-refractivity contribution < 1.29 is 14.3 Å². The van der Waals surface area contributed by atoms with Gasteiger partial charge in [0.1, 0.15) is 16.4 Å². The summed E-state index contributed by atoms with van der Waals surface area (Å²) in [5.74, 6) is 0.887. The van der Waals surface area contributed by atoms with Crippen LogP contribution < -0.4 is 15.5 Å². The summed E-state index contributed by atoms with van der Waals surface area (Å²) in [6.45, 7) is 9.20. The summed E-state index contributed by atoms with van der Waals surface area (Å²) < 4.78 is 5.43. The van der Waals surface area contributed by atoms with Gasteiger partial charge in [-0.05, 0) is 71.6 Å². The number of ether oxygens (including phenoxy) is 1. The van der Waals surface area contributed by atoms with Crippen molar-refractivity contribution in [3.05, 3.63) is 36.7 Å². The third kappa shape index (κ3) is 11.6. The average Bonchev–Trinajstić information content (AvgIpc) is 2.88. The number of alkyl halides is 1. The predicted octanol–water partition coefficient (Wildman–Crippen LogP) is 7.58. The lowest BCUT2D eigenvalue weighted by Crippen LogP contribution is -2.54. The van der Waals surface area contributed by atoms with Crippen LogP contribution in [0.3, 0.4) is 0 Å². The molecule has 0 atom stereocenters. The minimum atomic E-state index is -0.516. The average molecular weight is 635 g/mol. The second-order valence-electron chi connectivity index (χ2n) is 11.6. The molecule has 40 heavy (non-hydrogen) atoms. The molecule has 0 aliphatic carbocycles. The molecule has 0 saturated carbocycles. The molecule has 1 saturated heterocycles. The fraction of sp³-hybridized carbons (Fsp3) is 0.600. The number of hydrogen-bond acceptors (Lipinski definition) is 7. The maximum absolute atomic E-state index is 12.4. The zero-order chi connectivity index (χ0) is 29.0. The molecule has 2 heterocycles. The Bertz CT molecular complexity index is 1090. The Hall–Kier alpha value is -2.33. The van der Waals surface area contributed by atoms with Crippen molar-refractivity contribution in [2.75, 3.05) is 28.6 Å². The third-order valence-corrected chi connectivity index (χ3v) is 8.21. The Morgan fingerprint density at radius 1 is 1.05 bits per heavy atom. The Labute approximate surface area is 252 Å². The van der Waals surface area contributed by atoms with E-state index in [2.05, 4.69) is 48.4 Å². The van der Waals surface area contributed by atoms with Crippen LogP contribution in [0.5, 0.6) is 0 Å². The van der Waals surface area contributed by atoms with Gasteiger partial charge in [-0.15, -0.1) is 0 Å². The fourth-order valence-corrected chi connectivity index (χ4v) is 5.68. The number of rotatable bonds is 13. The van der Waals surface area contributed by atoms with Gasteiger partial charge >= 0.3 is 6.09 Å². The van der Waals surface area contributed by atoms with Crippen molar-refractivity contribution in [3.63, 3.8) is 0 Å². The molecule has 2 amide bonds. The number of alkyl carbamates (subject to hydrolysis) is 1. The van der Waals surface area contributed by atoms with Crippen LogP contribution in [0.25, 0.3) is 0 Å². The molecule has 1 aromatic carbocycles. The molecule has 1 aliphatic rings. The molecule has 0 radical (unpaired) electrons. The van der Waals surface area contributed by atoms with Crippen molar-refractivity contribution in [3.8, 4) is 0 Å². The van der Waals surface area contributed by atoms with E-state index in [0.29, 0.717) is 6.42 Å². The Kier molecular flexibility index (Phi) is 12.6. The second-order valence-corrected chi connectivity index (χ2v) is 13.5. The molecule has 0 unspecified atom stereocenters. The van der Waals surface area contributed by atoms with Crippen molar-refractivity contribution in [1.82, 2.24) is 15.3 Å². The number of carbonyl (C=O) groups excluding carboxylic acids is 2. The number of hydrogen-bond donors (Lipinski definition) is 2. The molecular weight excluding hydrogens is 590 g/mol. The van der Waals surface area contributed by atoms with Gasteiger partial charge in [0.05, 0.1) is 12.4 Å². The minimum absolute atomic E-state index is 0.0608. The third-order valence-electron chi connectivity index (χ3n) is 6.74. The van der Waals surface area contributed by atoms with E-state index in [1.54, 1.807) is 12.4 Å². The lowest BCUT2D eigenvalue weighted by Gasteiger charge is -2.40. The van der Waals surface area contributed by atoms with Gasteiger partial charge in [0.2, 0.25) is 5.91 Å². The number of halogens is 1. The minimum Gasteiger partial charge on any atom is -0.444 e. The van der Waals surface area contributed by atoms with E-state index in [-0.39, 0.29) is 17.5 Å². The number of nitrogens with zero attached hydrogens (tertiary/aromatic N) is 3. The van der Waals surface area contributed by atoms with Crippen LogP contribution in [-0.2, 0) is 9.53 Å². The van der Waals surface area contributed by atoms with Gasteiger partial charge in [0.15, 0.2) is 0 Å². The highest BCUT2D eigenvalue weighted by molar-refractivity contribution is 9.09. The first kappa shape index (κ1) is 32.2. The molecule has 2 N–H and O–H groups in total. The molecule has 1 aliphatic heterocycles. The first-order chi connectivity index (χ1) is 19.0. The molecule has 10 heteroatoms. The Balaban J connectivity index is 1.43. The monoisotopic (exact) mass is 633 g/mol. The van der Waals surface area contributed by atoms with E-state index in [1.165, 1.54) is 37.4 Å². The van der Waals surface area contributed by atoms with Gasteiger partial charge in [0.25, 0.3) is 0 Å². The van der Waals surface area contributed by atoms with E-state index >= 15 is 0 Å². The molecule has 0 bridgehead atoms. The molecule has 8 nitrogen and oxygen atoms in total. The lowest BCUT2D eigenvalue weighted by molar-refractivity contribution is -0.116. The smallest absolute Gasteiger partial charge is 0.408 e. The molecule has 1 aromatic heterocycles. The highest BCUT2D eigenvalue weighted by atomic mass is 79.9. The van der Waals surface area contributed by atoms with E-state index < -0.39 is 5.60 Å². The van der Waals surface area contributed by atoms with Crippen LogP contribution in [0.4, 0.5) is 16.3 Å². The van der Waals surface area contributed by atoms with Crippen LogP contribution in [0.15, 0.2) is 46.6 Å². The van der Waals surface area contributed by atoms with E-state index in [4.69, 9.17) is 4.74 Å². The van der Waals surface area contributed by atoms with E-state index in [0.717, 1.165) is 65.5 Å². The van der Waals surface area contributed by atoms with Crippen molar-refractivity contribution in [1.29, 1.82) is 0 Å². The Morgan fingerprint density at radius 2 is 1.75 bits per heavy atom. The molecule has 2 aromatic rings. The number of carbonyl (C=O) groups is 2. The molecular formula is C30H44BrN5O3S. The van der Waals surface area contributed by atoms with Crippen LogP contribution in [0.1, 0.15) is 85.5 Å². The van der Waals surface area contributed by atoms with Crippen LogP contribution in [-0.4, -0.2) is 51.5 Å². The molecule has 220 valence electrons. The normalized spacial score (nSPS) is 15.0. The van der Waals surface area contributed by atoms with Gasteiger partial charge in [-0.3, -0.25) is 4.79 Å². The SMILES string of the molecule is CC1(NC(=O)OC(C)(C)C)CCN(c2cnc(Sc3cccc(NC(=O)CCCCCCCCBr)c3)cn2)CC1. The molecule has 0 spiro atoms. The maximum atomic E-state index is 12.4. The number of amides is 2. The summed E-state index contributed by atoms with van der Waals surface area (Å²) in [6.07, 6.45) is 12.3. The van der Waals surface area contributed by atoms with E-state index in [9.17, 15) is 9.59 Å². The summed E-state index contributed by atoms with van der Waals surface area (Å²) in [4.78, 5) is 37.1. The number of nitrogens with one attached hydrogen (secondary N) is 2. The zero-order valence-corrected chi connectivity index (χ0v) is 26.7. The van der Waals surface area contributed by atoms with E-state index in [1.807, 2.05) is 45.0 Å². The Morgan fingerprint density at radius 3 is 2.40 bits per heavy atom. The topological polar surface area (TPSA) is 96.5 Å². The largest absolute Gasteiger partial charge is 0.444 e. The van der Waals surface area contributed by atoms with Gasteiger partial charge in [-0.1, -0.05) is 59.4 Å². The number of anilines is 2. The first-order valence-corrected chi connectivity index (χ1v) is 16.2. The summed E-state index contributed by atoms with van der Waals surface area (Å²) in [7, 11) is 0. The van der Waals surface area contributed by atoms with Crippen molar-refractivity contribution in [2.24, 2.45) is 0 Å². The number of benzene rings is 1. The number of piperidine rings is 1. The lowest BCUT2D eigenvalue weighted by atomic mass is 9.90. The maximum Gasteiger partial charge on any atom is 0.408 e. The molecule has 3 rings (SSSR count). The number of unbranched alkanes of at least 4 members (excludes halogenated alkanes) is 5. The van der Waals surface area contributed by atoms with Gasteiger partial charge in [-0.25, -0.2) is 14.8 Å².